The Morgan fingerprint density at radius 1 is 1.47 bits per heavy atom. The molecule has 0 fully saturated rings. The van der Waals surface area contributed by atoms with E-state index in [0.29, 0.717) is 16.9 Å². The Labute approximate surface area is 92.3 Å². The summed E-state index contributed by atoms with van der Waals surface area (Å²) in [6, 6.07) is 1.17. The first kappa shape index (κ1) is 12.7. The van der Waals surface area contributed by atoms with Crippen LogP contribution in [0.1, 0.15) is 16.5 Å². The molecule has 1 atom stereocenters. The van der Waals surface area contributed by atoms with Gasteiger partial charge in [0.05, 0.1) is 4.34 Å². The first-order chi connectivity index (χ1) is 6.76. The lowest BCUT2D eigenvalue weighted by Crippen LogP contribution is -2.33. The van der Waals surface area contributed by atoms with Gasteiger partial charge in [0.15, 0.2) is 6.10 Å². The number of aliphatic hydroxyl groups excluding tert-OH is 1. The molecule has 0 aliphatic carbocycles. The van der Waals surface area contributed by atoms with Gasteiger partial charge in [0.2, 0.25) is 0 Å². The first-order valence-corrected chi connectivity index (χ1v) is 5.06. The van der Waals surface area contributed by atoms with Crippen LogP contribution >= 0.6 is 22.9 Å². The summed E-state index contributed by atoms with van der Waals surface area (Å²) < 4.78 is 49.5. The molecule has 86 valence electrons. The quantitative estimate of drug-likeness (QED) is 0.825. The Hall–Kier alpha value is -0.330. The molecule has 0 amide bonds. The van der Waals surface area contributed by atoms with E-state index >= 15 is 0 Å². The topological polar surface area (TPSA) is 20.2 Å². The van der Waals surface area contributed by atoms with Crippen LogP contribution in [0.2, 0.25) is 4.34 Å². The Morgan fingerprint density at radius 2 is 2.00 bits per heavy atom. The second-order valence-corrected chi connectivity index (χ2v) is 4.67. The number of hydrogen-bond donors (Lipinski definition) is 1. The van der Waals surface area contributed by atoms with Crippen LogP contribution in [0.15, 0.2) is 6.07 Å². The van der Waals surface area contributed by atoms with Crippen molar-refractivity contribution in [1.29, 1.82) is 0 Å². The van der Waals surface area contributed by atoms with Gasteiger partial charge in [-0.15, -0.1) is 11.3 Å². The molecule has 1 rings (SSSR count). The summed E-state index contributed by atoms with van der Waals surface area (Å²) in [5.41, 5.74) is 0.473. The number of rotatable bonds is 3. The van der Waals surface area contributed by atoms with E-state index in [1.807, 2.05) is 0 Å². The average molecular weight is 263 g/mol. The van der Waals surface area contributed by atoms with E-state index in [4.69, 9.17) is 16.7 Å². The Kier molecular flexibility index (Phi) is 3.63. The van der Waals surface area contributed by atoms with E-state index in [2.05, 4.69) is 0 Å². The zero-order valence-corrected chi connectivity index (χ0v) is 9.05. The van der Waals surface area contributed by atoms with Crippen molar-refractivity contribution in [3.05, 3.63) is 20.8 Å². The van der Waals surface area contributed by atoms with Crippen LogP contribution in [0.5, 0.6) is 0 Å². The van der Waals surface area contributed by atoms with E-state index in [1.165, 1.54) is 13.0 Å². The van der Waals surface area contributed by atoms with Crippen LogP contribution in [-0.2, 0) is 0 Å². The molecule has 1 nitrogen and oxygen atoms in total. The number of aryl methyl sites for hydroxylation is 1. The fraction of sp³-hybridized carbons (Fsp3) is 0.500. The molecule has 0 spiro atoms. The predicted octanol–water partition coefficient (Wildman–Crippen LogP) is 3.64. The number of halogens is 5. The smallest absolute Gasteiger partial charge is 0.337 e. The molecule has 0 saturated heterocycles. The molecule has 0 saturated carbocycles. The van der Waals surface area contributed by atoms with Gasteiger partial charge >= 0.3 is 12.3 Å². The summed E-state index contributed by atoms with van der Waals surface area (Å²) in [5, 5.41) is 9.08. The van der Waals surface area contributed by atoms with Gasteiger partial charge in [-0.3, -0.25) is 0 Å². The fourth-order valence-electron chi connectivity index (χ4n) is 0.927. The third-order valence-corrected chi connectivity index (χ3v) is 3.41. The van der Waals surface area contributed by atoms with Gasteiger partial charge < -0.3 is 5.11 Å². The van der Waals surface area contributed by atoms with Crippen molar-refractivity contribution in [3.63, 3.8) is 0 Å². The van der Waals surface area contributed by atoms with Crippen LogP contribution in [0.3, 0.4) is 0 Å². The highest BCUT2D eigenvalue weighted by Crippen LogP contribution is 2.41. The van der Waals surface area contributed by atoms with Crippen molar-refractivity contribution in [1.82, 2.24) is 0 Å². The summed E-state index contributed by atoms with van der Waals surface area (Å²) in [6.07, 6.45) is -6.43. The lowest BCUT2D eigenvalue weighted by Gasteiger charge is -2.20. The first-order valence-electron chi connectivity index (χ1n) is 3.86. The molecule has 0 bridgehead atoms. The molecule has 0 radical (unpaired) electrons. The standard InChI is InChI=1S/C8H7ClF4OS/c1-3-2-4(15-6(3)9)5(14)8(12,13)7(10)11/h2,5,7,14H,1H3. The normalized spacial score (nSPS) is 14.7. The number of alkyl halides is 4. The summed E-state index contributed by atoms with van der Waals surface area (Å²) in [6.45, 7) is 1.54. The average Bonchev–Trinajstić information content (AvgIpc) is 2.45. The minimum atomic E-state index is -4.46. The minimum Gasteiger partial charge on any atom is -0.381 e. The van der Waals surface area contributed by atoms with Crippen molar-refractivity contribution in [2.24, 2.45) is 0 Å². The zero-order chi connectivity index (χ0) is 11.8. The van der Waals surface area contributed by atoms with Gasteiger partial charge in [-0.2, -0.15) is 8.78 Å². The lowest BCUT2D eigenvalue weighted by atomic mass is 10.1. The molecule has 1 unspecified atom stereocenters. The molecule has 0 aliphatic heterocycles. The molecular weight excluding hydrogens is 256 g/mol. The highest BCUT2D eigenvalue weighted by Gasteiger charge is 2.49. The molecule has 0 aliphatic rings. The largest absolute Gasteiger partial charge is 0.381 e. The summed E-state index contributed by atoms with van der Waals surface area (Å²) in [4.78, 5) is -0.261. The molecule has 1 aromatic rings. The maximum Gasteiger partial charge on any atom is 0.337 e. The van der Waals surface area contributed by atoms with Gasteiger partial charge in [0, 0.05) is 4.88 Å². The maximum absolute atomic E-state index is 12.7. The highest BCUT2D eigenvalue weighted by molar-refractivity contribution is 7.16. The van der Waals surface area contributed by atoms with Crippen molar-refractivity contribution in [3.8, 4) is 0 Å². The lowest BCUT2D eigenvalue weighted by molar-refractivity contribution is -0.192. The van der Waals surface area contributed by atoms with Crippen LogP contribution in [0.25, 0.3) is 0 Å². The number of aliphatic hydroxyl groups is 1. The molecule has 7 heteroatoms. The van der Waals surface area contributed by atoms with Gasteiger partial charge in [-0.25, -0.2) is 8.78 Å². The molecule has 1 aromatic heterocycles. The van der Waals surface area contributed by atoms with Crippen molar-refractivity contribution < 1.29 is 22.7 Å². The van der Waals surface area contributed by atoms with Crippen LogP contribution < -0.4 is 0 Å². The fourth-order valence-corrected chi connectivity index (χ4v) is 2.18. The van der Waals surface area contributed by atoms with E-state index < -0.39 is 18.5 Å². The van der Waals surface area contributed by atoms with Gasteiger partial charge in [-0.1, -0.05) is 11.6 Å². The predicted molar refractivity (Wildman–Crippen MR) is 50.0 cm³/mol. The van der Waals surface area contributed by atoms with E-state index in [-0.39, 0.29) is 9.21 Å². The number of thiophene rings is 1. The Morgan fingerprint density at radius 3 is 2.33 bits per heavy atom. The second-order valence-electron chi connectivity index (χ2n) is 2.98. The third-order valence-electron chi connectivity index (χ3n) is 1.80. The molecule has 15 heavy (non-hydrogen) atoms. The van der Waals surface area contributed by atoms with Gasteiger partial charge in [-0.05, 0) is 18.6 Å². The van der Waals surface area contributed by atoms with Gasteiger partial charge in [0.1, 0.15) is 0 Å². The summed E-state index contributed by atoms with van der Waals surface area (Å²) in [5.74, 6) is -4.46. The zero-order valence-electron chi connectivity index (χ0n) is 7.48. The monoisotopic (exact) mass is 262 g/mol. The summed E-state index contributed by atoms with van der Waals surface area (Å²) >= 11 is 6.25. The maximum atomic E-state index is 12.7. The van der Waals surface area contributed by atoms with Crippen LogP contribution in [0.4, 0.5) is 17.6 Å². The van der Waals surface area contributed by atoms with Crippen molar-refractivity contribution in [2.75, 3.05) is 0 Å². The second kappa shape index (κ2) is 4.27. The molecule has 0 aromatic carbocycles. The molecular formula is C8H7ClF4OS. The minimum absolute atomic E-state index is 0.203. The SMILES string of the molecule is Cc1cc(C(O)C(F)(F)C(F)F)sc1Cl. The Bertz CT molecular complexity index is 333. The van der Waals surface area contributed by atoms with Gasteiger partial charge in [0.25, 0.3) is 0 Å². The van der Waals surface area contributed by atoms with E-state index in [0.717, 1.165) is 0 Å². The molecule has 1 heterocycles. The van der Waals surface area contributed by atoms with Crippen LogP contribution in [-0.4, -0.2) is 17.5 Å². The molecule has 1 N–H and O–H groups in total. The third kappa shape index (κ3) is 2.43. The van der Waals surface area contributed by atoms with Crippen molar-refractivity contribution in [2.45, 2.75) is 25.4 Å². The van der Waals surface area contributed by atoms with Crippen LogP contribution in [0, 0.1) is 6.92 Å². The van der Waals surface area contributed by atoms with E-state index in [9.17, 15) is 17.6 Å². The van der Waals surface area contributed by atoms with Crippen molar-refractivity contribution >= 4 is 22.9 Å². The Balaban J connectivity index is 2.99. The highest BCUT2D eigenvalue weighted by atomic mass is 35.5. The summed E-state index contributed by atoms with van der Waals surface area (Å²) in [7, 11) is 0. The van der Waals surface area contributed by atoms with E-state index in [1.54, 1.807) is 0 Å². The number of hydrogen-bond acceptors (Lipinski definition) is 2.